The molecule has 0 fully saturated rings. The molecular weight excluding hydrogens is 307 g/mol. The van der Waals surface area contributed by atoms with Crippen molar-refractivity contribution in [2.45, 2.75) is 12.8 Å². The minimum absolute atomic E-state index is 0.129. The van der Waals surface area contributed by atoms with Crippen molar-refractivity contribution in [2.75, 3.05) is 0 Å². The molecule has 3 rings (SSSR count). The quantitative estimate of drug-likeness (QED) is 0.667. The van der Waals surface area contributed by atoms with Crippen molar-refractivity contribution in [3.05, 3.63) is 69.2 Å². The molecule has 0 aliphatic carbocycles. The van der Waals surface area contributed by atoms with Gasteiger partial charge in [0.05, 0.1) is 27.5 Å². The zero-order valence-corrected chi connectivity index (χ0v) is 12.8. The van der Waals surface area contributed by atoms with E-state index in [9.17, 15) is 4.79 Å². The second-order valence-corrected chi connectivity index (χ2v) is 5.40. The van der Waals surface area contributed by atoms with Crippen LogP contribution in [0.1, 0.15) is 11.4 Å². The number of hydrogen-bond acceptors (Lipinski definition) is 2. The fourth-order valence-corrected chi connectivity index (χ4v) is 2.81. The van der Waals surface area contributed by atoms with E-state index in [1.807, 2.05) is 37.3 Å². The second-order valence-electron chi connectivity index (χ2n) is 4.72. The molecule has 1 heterocycles. The number of hydrogen-bond donors (Lipinski definition) is 0. The first-order valence-corrected chi connectivity index (χ1v) is 7.37. The van der Waals surface area contributed by atoms with Crippen LogP contribution in [0, 0.1) is 6.92 Å². The molecule has 0 N–H and O–H groups in total. The van der Waals surface area contributed by atoms with Gasteiger partial charge in [-0.05, 0) is 30.7 Å². The lowest BCUT2D eigenvalue weighted by Crippen LogP contribution is -2.24. The number of fused-ring (bicyclic) bond motifs is 1. The van der Waals surface area contributed by atoms with E-state index >= 15 is 0 Å². The van der Waals surface area contributed by atoms with E-state index in [0.717, 1.165) is 5.56 Å². The van der Waals surface area contributed by atoms with Gasteiger partial charge in [-0.15, -0.1) is 11.6 Å². The highest BCUT2D eigenvalue weighted by Crippen LogP contribution is 2.22. The van der Waals surface area contributed by atoms with Crippen LogP contribution in [-0.2, 0) is 5.88 Å². The van der Waals surface area contributed by atoms with Gasteiger partial charge in [-0.3, -0.25) is 9.36 Å². The van der Waals surface area contributed by atoms with Gasteiger partial charge in [0.15, 0.2) is 0 Å². The van der Waals surface area contributed by atoms with Gasteiger partial charge in [0.1, 0.15) is 5.82 Å². The van der Waals surface area contributed by atoms with E-state index < -0.39 is 0 Å². The summed E-state index contributed by atoms with van der Waals surface area (Å²) < 4.78 is 1.49. The Hall–Kier alpha value is -1.84. The molecule has 0 bridgehead atoms. The highest BCUT2D eigenvalue weighted by Gasteiger charge is 2.15. The van der Waals surface area contributed by atoms with E-state index in [4.69, 9.17) is 23.2 Å². The van der Waals surface area contributed by atoms with Crippen LogP contribution in [0.25, 0.3) is 16.6 Å². The van der Waals surface area contributed by atoms with Gasteiger partial charge in [0.25, 0.3) is 5.56 Å². The lowest BCUT2D eigenvalue weighted by molar-refractivity contribution is 0.880. The van der Waals surface area contributed by atoms with Crippen molar-refractivity contribution in [2.24, 2.45) is 0 Å². The summed E-state index contributed by atoms with van der Waals surface area (Å²) in [6.45, 7) is 1.89. The molecular formula is C16H12Cl2N2O. The Morgan fingerprint density at radius 2 is 1.90 bits per heavy atom. The summed E-state index contributed by atoms with van der Waals surface area (Å²) in [5, 5.41) is 1.08. The Kier molecular flexibility index (Phi) is 3.70. The Morgan fingerprint density at radius 1 is 1.14 bits per heavy atom. The first-order chi connectivity index (χ1) is 10.1. The first kappa shape index (κ1) is 14.1. The molecule has 5 heteroatoms. The zero-order valence-electron chi connectivity index (χ0n) is 11.3. The standard InChI is InChI=1S/C16H12Cl2N2O/c1-10-5-4-7-12-15(10)16(21)20(14(9-17)19-12)13-8-3-2-6-11(13)18/h2-8H,9H2,1H3. The van der Waals surface area contributed by atoms with Crippen molar-refractivity contribution in [3.8, 4) is 5.69 Å². The summed E-state index contributed by atoms with van der Waals surface area (Å²) in [6, 6.07) is 12.8. The van der Waals surface area contributed by atoms with Crippen LogP contribution in [0.3, 0.4) is 0 Å². The normalized spacial score (nSPS) is 11.0. The Balaban J connectivity index is 2.48. The molecule has 0 radical (unpaired) electrons. The first-order valence-electron chi connectivity index (χ1n) is 6.45. The van der Waals surface area contributed by atoms with Gasteiger partial charge in [-0.1, -0.05) is 35.9 Å². The number of alkyl halides is 1. The van der Waals surface area contributed by atoms with Crippen LogP contribution in [0.4, 0.5) is 0 Å². The third-order valence-corrected chi connectivity index (χ3v) is 3.95. The van der Waals surface area contributed by atoms with Gasteiger partial charge >= 0.3 is 0 Å². The fraction of sp³-hybridized carbons (Fsp3) is 0.125. The van der Waals surface area contributed by atoms with E-state index in [1.165, 1.54) is 4.57 Å². The monoisotopic (exact) mass is 318 g/mol. The predicted molar refractivity (Wildman–Crippen MR) is 86.6 cm³/mol. The molecule has 0 aliphatic rings. The number of nitrogens with zero attached hydrogens (tertiary/aromatic N) is 2. The van der Waals surface area contributed by atoms with Crippen LogP contribution in [-0.4, -0.2) is 9.55 Å². The topological polar surface area (TPSA) is 34.9 Å². The third-order valence-electron chi connectivity index (χ3n) is 3.39. The molecule has 0 unspecified atom stereocenters. The van der Waals surface area contributed by atoms with Gasteiger partial charge in [0, 0.05) is 0 Å². The molecule has 0 saturated heterocycles. The van der Waals surface area contributed by atoms with Gasteiger partial charge < -0.3 is 0 Å². The molecule has 0 aliphatic heterocycles. The summed E-state index contributed by atoms with van der Waals surface area (Å²) >= 11 is 12.2. The second kappa shape index (κ2) is 5.51. The Morgan fingerprint density at radius 3 is 2.62 bits per heavy atom. The average molecular weight is 319 g/mol. The van der Waals surface area contributed by atoms with Crippen LogP contribution < -0.4 is 5.56 Å². The molecule has 2 aromatic carbocycles. The maximum Gasteiger partial charge on any atom is 0.266 e. The lowest BCUT2D eigenvalue weighted by Gasteiger charge is -2.14. The summed E-state index contributed by atoms with van der Waals surface area (Å²) in [5.41, 5.74) is 1.98. The van der Waals surface area contributed by atoms with Gasteiger partial charge in [0.2, 0.25) is 0 Å². The third kappa shape index (κ3) is 2.33. The number of aryl methyl sites for hydroxylation is 1. The van der Waals surface area contributed by atoms with Crippen molar-refractivity contribution in [1.82, 2.24) is 9.55 Å². The average Bonchev–Trinajstić information content (AvgIpc) is 2.48. The summed E-state index contributed by atoms with van der Waals surface area (Å²) in [5.74, 6) is 0.609. The lowest BCUT2D eigenvalue weighted by atomic mass is 10.1. The molecule has 0 atom stereocenters. The van der Waals surface area contributed by atoms with Crippen molar-refractivity contribution in [1.29, 1.82) is 0 Å². The summed E-state index contributed by atoms with van der Waals surface area (Å²) in [6.07, 6.45) is 0. The number of para-hydroxylation sites is 1. The van der Waals surface area contributed by atoms with E-state index in [0.29, 0.717) is 27.4 Å². The minimum atomic E-state index is -0.151. The maximum atomic E-state index is 12.9. The van der Waals surface area contributed by atoms with E-state index in [2.05, 4.69) is 4.98 Å². The highest BCUT2D eigenvalue weighted by molar-refractivity contribution is 6.32. The zero-order chi connectivity index (χ0) is 15.0. The molecule has 3 nitrogen and oxygen atoms in total. The maximum absolute atomic E-state index is 12.9. The Labute approximate surface area is 131 Å². The number of aromatic nitrogens is 2. The van der Waals surface area contributed by atoms with Crippen LogP contribution in [0.15, 0.2) is 47.3 Å². The number of rotatable bonds is 2. The Bertz CT molecular complexity index is 887. The number of halogens is 2. The minimum Gasteiger partial charge on any atom is -0.268 e. The number of benzene rings is 2. The largest absolute Gasteiger partial charge is 0.268 e. The molecule has 0 saturated carbocycles. The predicted octanol–water partition coefficient (Wildman–Crippen LogP) is 4.09. The van der Waals surface area contributed by atoms with Crippen LogP contribution in [0.2, 0.25) is 5.02 Å². The van der Waals surface area contributed by atoms with Gasteiger partial charge in [-0.2, -0.15) is 0 Å². The van der Waals surface area contributed by atoms with Crippen molar-refractivity contribution in [3.63, 3.8) is 0 Å². The molecule has 0 amide bonds. The summed E-state index contributed by atoms with van der Waals surface area (Å²) in [4.78, 5) is 17.4. The molecule has 1 aromatic heterocycles. The van der Waals surface area contributed by atoms with Crippen LogP contribution >= 0.6 is 23.2 Å². The highest BCUT2D eigenvalue weighted by atomic mass is 35.5. The smallest absolute Gasteiger partial charge is 0.266 e. The molecule has 3 aromatic rings. The molecule has 106 valence electrons. The molecule has 21 heavy (non-hydrogen) atoms. The van der Waals surface area contributed by atoms with E-state index in [-0.39, 0.29) is 11.4 Å². The summed E-state index contributed by atoms with van der Waals surface area (Å²) in [7, 11) is 0. The SMILES string of the molecule is Cc1cccc2nc(CCl)n(-c3ccccc3Cl)c(=O)c12. The van der Waals surface area contributed by atoms with Crippen molar-refractivity contribution < 1.29 is 0 Å². The van der Waals surface area contributed by atoms with Crippen molar-refractivity contribution >= 4 is 34.1 Å². The molecule has 0 spiro atoms. The van der Waals surface area contributed by atoms with Gasteiger partial charge in [-0.25, -0.2) is 4.98 Å². The fourth-order valence-electron chi connectivity index (χ4n) is 2.41. The van der Waals surface area contributed by atoms with E-state index in [1.54, 1.807) is 12.1 Å². The van der Waals surface area contributed by atoms with Crippen LogP contribution in [0.5, 0.6) is 0 Å².